The molecule has 25 heavy (non-hydrogen) atoms. The Kier molecular flexibility index (Phi) is 5.36. The standard InChI is InChI=1S/C20H21NO4/c1-24-18-8-4-16(5-9-18)19(14-20(22)23)15-2-6-17(7-3-15)21-10-12-25-13-11-21/h2-9,14H,10-13H2,1H3,(H,22,23)/b19-14-. The maximum atomic E-state index is 11.3. The number of aliphatic carboxylic acids is 1. The second-order valence-electron chi connectivity index (χ2n) is 5.77. The quantitative estimate of drug-likeness (QED) is 0.849. The van der Waals surface area contributed by atoms with Gasteiger partial charge in [-0.25, -0.2) is 4.79 Å². The highest BCUT2D eigenvalue weighted by Crippen LogP contribution is 2.27. The number of carboxylic acids is 1. The number of carboxylic acid groups (broad SMARTS) is 1. The SMILES string of the molecule is COc1ccc(/C(=C\C(=O)O)c2ccc(N3CCOCC3)cc2)cc1. The number of rotatable bonds is 5. The molecule has 1 saturated heterocycles. The zero-order chi connectivity index (χ0) is 17.6. The summed E-state index contributed by atoms with van der Waals surface area (Å²) in [4.78, 5) is 13.5. The second kappa shape index (κ2) is 7.85. The fraction of sp³-hybridized carbons (Fsp3) is 0.250. The lowest BCUT2D eigenvalue weighted by Gasteiger charge is -2.29. The average molecular weight is 339 g/mol. The summed E-state index contributed by atoms with van der Waals surface area (Å²) >= 11 is 0. The number of hydrogen-bond donors (Lipinski definition) is 1. The third-order valence-electron chi connectivity index (χ3n) is 4.22. The Morgan fingerprint density at radius 3 is 2.12 bits per heavy atom. The van der Waals surface area contributed by atoms with E-state index in [0.717, 1.165) is 48.9 Å². The van der Waals surface area contributed by atoms with Gasteiger partial charge in [-0.3, -0.25) is 0 Å². The first-order chi connectivity index (χ1) is 12.2. The molecule has 0 atom stereocenters. The first kappa shape index (κ1) is 17.0. The van der Waals surface area contributed by atoms with Crippen molar-refractivity contribution in [2.45, 2.75) is 0 Å². The van der Waals surface area contributed by atoms with Crippen LogP contribution in [0.3, 0.4) is 0 Å². The van der Waals surface area contributed by atoms with Crippen LogP contribution in [0.4, 0.5) is 5.69 Å². The lowest BCUT2D eigenvalue weighted by atomic mass is 9.97. The van der Waals surface area contributed by atoms with E-state index in [1.165, 1.54) is 6.08 Å². The van der Waals surface area contributed by atoms with E-state index in [1.54, 1.807) is 7.11 Å². The number of benzene rings is 2. The van der Waals surface area contributed by atoms with Gasteiger partial charge in [0.1, 0.15) is 5.75 Å². The Bertz CT molecular complexity index is 744. The minimum atomic E-state index is -0.969. The molecule has 0 amide bonds. The zero-order valence-electron chi connectivity index (χ0n) is 14.1. The number of hydrogen-bond acceptors (Lipinski definition) is 4. The van der Waals surface area contributed by atoms with Crippen LogP contribution in [-0.2, 0) is 9.53 Å². The van der Waals surface area contributed by atoms with Crippen molar-refractivity contribution >= 4 is 17.2 Å². The monoisotopic (exact) mass is 339 g/mol. The van der Waals surface area contributed by atoms with Crippen LogP contribution in [0.15, 0.2) is 54.6 Å². The molecule has 0 aromatic heterocycles. The van der Waals surface area contributed by atoms with Gasteiger partial charge in [0.05, 0.1) is 20.3 Å². The highest BCUT2D eigenvalue weighted by atomic mass is 16.5. The number of methoxy groups -OCH3 is 1. The number of morpholine rings is 1. The van der Waals surface area contributed by atoms with E-state index in [-0.39, 0.29) is 0 Å². The molecule has 1 aliphatic rings. The molecule has 0 saturated carbocycles. The van der Waals surface area contributed by atoms with Crippen molar-refractivity contribution in [2.75, 3.05) is 38.3 Å². The van der Waals surface area contributed by atoms with E-state index >= 15 is 0 Å². The molecule has 0 bridgehead atoms. The molecule has 1 fully saturated rings. The predicted molar refractivity (Wildman–Crippen MR) is 97.2 cm³/mol. The Morgan fingerprint density at radius 2 is 1.60 bits per heavy atom. The molecule has 130 valence electrons. The van der Waals surface area contributed by atoms with Gasteiger partial charge in [-0.05, 0) is 41.0 Å². The van der Waals surface area contributed by atoms with Crippen LogP contribution in [-0.4, -0.2) is 44.5 Å². The highest BCUT2D eigenvalue weighted by Gasteiger charge is 2.12. The summed E-state index contributed by atoms with van der Waals surface area (Å²) < 4.78 is 10.5. The minimum absolute atomic E-state index is 0.670. The van der Waals surface area contributed by atoms with Crippen molar-refractivity contribution < 1.29 is 19.4 Å². The van der Waals surface area contributed by atoms with E-state index in [1.807, 2.05) is 48.5 Å². The maximum absolute atomic E-state index is 11.3. The second-order valence-corrected chi connectivity index (χ2v) is 5.77. The van der Waals surface area contributed by atoms with Crippen molar-refractivity contribution in [3.8, 4) is 5.75 Å². The van der Waals surface area contributed by atoms with Crippen LogP contribution in [0.2, 0.25) is 0 Å². The lowest BCUT2D eigenvalue weighted by molar-refractivity contribution is -0.131. The number of anilines is 1. The number of ether oxygens (including phenoxy) is 2. The summed E-state index contributed by atoms with van der Waals surface area (Å²) in [5.74, 6) is -0.232. The third kappa shape index (κ3) is 4.19. The van der Waals surface area contributed by atoms with Crippen molar-refractivity contribution in [3.05, 3.63) is 65.7 Å². The van der Waals surface area contributed by atoms with Crippen LogP contribution in [0.5, 0.6) is 5.75 Å². The Hall–Kier alpha value is -2.79. The van der Waals surface area contributed by atoms with Crippen LogP contribution in [0, 0.1) is 0 Å². The van der Waals surface area contributed by atoms with Crippen molar-refractivity contribution in [3.63, 3.8) is 0 Å². The fourth-order valence-electron chi connectivity index (χ4n) is 2.90. The molecule has 5 nitrogen and oxygen atoms in total. The molecule has 0 spiro atoms. The molecular weight excluding hydrogens is 318 g/mol. The molecule has 0 radical (unpaired) electrons. The molecule has 0 unspecified atom stereocenters. The molecule has 2 aromatic rings. The van der Waals surface area contributed by atoms with Gasteiger partial charge < -0.3 is 19.5 Å². The lowest BCUT2D eigenvalue weighted by Crippen LogP contribution is -2.36. The normalized spacial score (nSPS) is 15.1. The maximum Gasteiger partial charge on any atom is 0.328 e. The smallest absolute Gasteiger partial charge is 0.328 e. The average Bonchev–Trinajstić information content (AvgIpc) is 2.67. The number of carbonyl (C=O) groups is 1. The molecule has 1 heterocycles. The van der Waals surface area contributed by atoms with Crippen LogP contribution < -0.4 is 9.64 Å². The van der Waals surface area contributed by atoms with Gasteiger partial charge in [0, 0.05) is 24.9 Å². The van der Waals surface area contributed by atoms with Crippen LogP contribution in [0.25, 0.3) is 5.57 Å². The molecule has 5 heteroatoms. The van der Waals surface area contributed by atoms with Gasteiger partial charge in [-0.2, -0.15) is 0 Å². The Labute approximate surface area is 147 Å². The van der Waals surface area contributed by atoms with Crippen molar-refractivity contribution in [1.82, 2.24) is 0 Å². The zero-order valence-corrected chi connectivity index (χ0v) is 14.1. The topological polar surface area (TPSA) is 59.0 Å². The molecular formula is C20H21NO4. The summed E-state index contributed by atoms with van der Waals surface area (Å²) in [7, 11) is 1.60. The van der Waals surface area contributed by atoms with Crippen molar-refractivity contribution in [1.29, 1.82) is 0 Å². The Balaban J connectivity index is 1.89. The van der Waals surface area contributed by atoms with Gasteiger partial charge in [-0.15, -0.1) is 0 Å². The van der Waals surface area contributed by atoms with Gasteiger partial charge in [0.2, 0.25) is 0 Å². The summed E-state index contributed by atoms with van der Waals surface area (Å²) in [5, 5.41) is 9.24. The van der Waals surface area contributed by atoms with E-state index in [4.69, 9.17) is 9.47 Å². The minimum Gasteiger partial charge on any atom is -0.497 e. The first-order valence-corrected chi connectivity index (χ1v) is 8.19. The van der Waals surface area contributed by atoms with Gasteiger partial charge >= 0.3 is 5.97 Å². The molecule has 0 aliphatic carbocycles. The molecule has 3 rings (SSSR count). The molecule has 1 aliphatic heterocycles. The summed E-state index contributed by atoms with van der Waals surface area (Å²) in [5.41, 5.74) is 3.49. The third-order valence-corrected chi connectivity index (χ3v) is 4.22. The van der Waals surface area contributed by atoms with E-state index in [2.05, 4.69) is 4.90 Å². The van der Waals surface area contributed by atoms with E-state index < -0.39 is 5.97 Å². The summed E-state index contributed by atoms with van der Waals surface area (Å²) in [6, 6.07) is 15.4. The summed E-state index contributed by atoms with van der Waals surface area (Å²) in [6.07, 6.45) is 1.24. The summed E-state index contributed by atoms with van der Waals surface area (Å²) in [6.45, 7) is 3.21. The van der Waals surface area contributed by atoms with Crippen LogP contribution >= 0.6 is 0 Å². The highest BCUT2D eigenvalue weighted by molar-refractivity contribution is 5.95. The Morgan fingerprint density at radius 1 is 1.04 bits per heavy atom. The van der Waals surface area contributed by atoms with Crippen LogP contribution in [0.1, 0.15) is 11.1 Å². The van der Waals surface area contributed by atoms with Gasteiger partial charge in [0.15, 0.2) is 0 Å². The predicted octanol–water partition coefficient (Wildman–Crippen LogP) is 3.05. The molecule has 2 aromatic carbocycles. The molecule has 1 N–H and O–H groups in total. The fourth-order valence-corrected chi connectivity index (χ4v) is 2.90. The largest absolute Gasteiger partial charge is 0.497 e. The van der Waals surface area contributed by atoms with E-state index in [0.29, 0.717) is 5.57 Å². The first-order valence-electron chi connectivity index (χ1n) is 8.19. The van der Waals surface area contributed by atoms with E-state index in [9.17, 15) is 9.90 Å². The van der Waals surface area contributed by atoms with Crippen molar-refractivity contribution in [2.24, 2.45) is 0 Å². The number of nitrogens with zero attached hydrogens (tertiary/aromatic N) is 1. The van der Waals surface area contributed by atoms with Gasteiger partial charge in [0.25, 0.3) is 0 Å². The van der Waals surface area contributed by atoms with Gasteiger partial charge in [-0.1, -0.05) is 24.3 Å².